The SMILES string of the molecule is CCOC(=O)[C@H](Cc1ccccc1)NC(=O)/C=C/c1ccc(C(C)C)cc1. The van der Waals surface area contributed by atoms with Crippen LogP contribution < -0.4 is 5.32 Å². The Morgan fingerprint density at radius 3 is 2.30 bits per heavy atom. The van der Waals surface area contributed by atoms with Crippen LogP contribution in [-0.4, -0.2) is 24.5 Å². The molecule has 2 aromatic carbocycles. The fraction of sp³-hybridized carbons (Fsp3) is 0.304. The smallest absolute Gasteiger partial charge is 0.328 e. The minimum absolute atomic E-state index is 0.276. The highest BCUT2D eigenvalue weighted by atomic mass is 16.5. The van der Waals surface area contributed by atoms with E-state index in [2.05, 4.69) is 31.3 Å². The highest BCUT2D eigenvalue weighted by molar-refractivity contribution is 5.94. The molecule has 4 heteroatoms. The Kier molecular flexibility index (Phi) is 7.80. The molecule has 4 nitrogen and oxygen atoms in total. The predicted octanol–water partition coefficient (Wildman–Crippen LogP) is 4.11. The van der Waals surface area contributed by atoms with E-state index in [0.29, 0.717) is 12.3 Å². The van der Waals surface area contributed by atoms with Gasteiger partial charge in [-0.2, -0.15) is 0 Å². The van der Waals surface area contributed by atoms with Crippen LogP contribution >= 0.6 is 0 Å². The van der Waals surface area contributed by atoms with Crippen molar-refractivity contribution in [2.45, 2.75) is 39.2 Å². The average molecular weight is 365 g/mol. The lowest BCUT2D eigenvalue weighted by Gasteiger charge is -2.16. The molecule has 0 spiro atoms. The van der Waals surface area contributed by atoms with Gasteiger partial charge in [0.2, 0.25) is 5.91 Å². The monoisotopic (exact) mass is 365 g/mol. The van der Waals surface area contributed by atoms with Crippen molar-refractivity contribution in [1.82, 2.24) is 5.32 Å². The van der Waals surface area contributed by atoms with Crippen molar-refractivity contribution in [1.29, 1.82) is 0 Å². The Balaban J connectivity index is 2.02. The van der Waals surface area contributed by atoms with Gasteiger partial charge in [-0.1, -0.05) is 68.4 Å². The molecule has 0 bridgehead atoms. The fourth-order valence-corrected chi connectivity index (χ4v) is 2.67. The maximum absolute atomic E-state index is 12.3. The highest BCUT2D eigenvalue weighted by Crippen LogP contribution is 2.15. The molecule has 0 heterocycles. The minimum Gasteiger partial charge on any atom is -0.464 e. The summed E-state index contributed by atoms with van der Waals surface area (Å²) in [6.07, 6.45) is 3.58. The van der Waals surface area contributed by atoms with Crippen LogP contribution in [-0.2, 0) is 20.7 Å². The number of benzene rings is 2. The van der Waals surface area contributed by atoms with Crippen LogP contribution in [0.2, 0.25) is 0 Å². The largest absolute Gasteiger partial charge is 0.464 e. The van der Waals surface area contributed by atoms with E-state index >= 15 is 0 Å². The topological polar surface area (TPSA) is 55.4 Å². The van der Waals surface area contributed by atoms with Crippen molar-refractivity contribution < 1.29 is 14.3 Å². The Bertz CT molecular complexity index is 764. The van der Waals surface area contributed by atoms with Gasteiger partial charge in [-0.15, -0.1) is 0 Å². The van der Waals surface area contributed by atoms with Crippen molar-refractivity contribution in [2.24, 2.45) is 0 Å². The van der Waals surface area contributed by atoms with Crippen LogP contribution in [0.1, 0.15) is 43.4 Å². The maximum atomic E-state index is 12.3. The lowest BCUT2D eigenvalue weighted by atomic mass is 10.0. The standard InChI is InChI=1S/C23H27NO3/c1-4-27-23(26)21(16-19-8-6-5-7-9-19)24-22(25)15-12-18-10-13-20(14-11-18)17(2)3/h5-15,17,21H,4,16H2,1-3H3,(H,24,25)/b15-12+/t21-/m0/s1. The third-order valence-corrected chi connectivity index (χ3v) is 4.20. The molecule has 0 saturated carbocycles. The Morgan fingerprint density at radius 1 is 1.04 bits per heavy atom. The fourth-order valence-electron chi connectivity index (χ4n) is 2.67. The first-order valence-corrected chi connectivity index (χ1v) is 9.28. The van der Waals surface area contributed by atoms with Crippen molar-refractivity contribution in [3.63, 3.8) is 0 Å². The third-order valence-electron chi connectivity index (χ3n) is 4.20. The first-order valence-electron chi connectivity index (χ1n) is 9.28. The van der Waals surface area contributed by atoms with E-state index in [1.165, 1.54) is 11.6 Å². The molecule has 0 aromatic heterocycles. The van der Waals surface area contributed by atoms with E-state index in [4.69, 9.17) is 4.74 Å². The number of amides is 1. The van der Waals surface area contributed by atoms with E-state index in [0.717, 1.165) is 11.1 Å². The van der Waals surface area contributed by atoms with Gasteiger partial charge in [-0.05, 0) is 35.6 Å². The Labute approximate surface area is 161 Å². The van der Waals surface area contributed by atoms with Gasteiger partial charge in [0.15, 0.2) is 0 Å². The third kappa shape index (κ3) is 6.74. The van der Waals surface area contributed by atoms with Crippen LogP contribution in [0.25, 0.3) is 6.08 Å². The Morgan fingerprint density at radius 2 is 1.70 bits per heavy atom. The van der Waals surface area contributed by atoms with Crippen molar-refractivity contribution in [2.75, 3.05) is 6.61 Å². The summed E-state index contributed by atoms with van der Waals surface area (Å²) in [4.78, 5) is 24.5. The number of nitrogens with one attached hydrogen (secondary N) is 1. The van der Waals surface area contributed by atoms with Gasteiger partial charge in [0, 0.05) is 12.5 Å². The second kappa shape index (κ2) is 10.3. The molecule has 0 saturated heterocycles. The van der Waals surface area contributed by atoms with E-state index in [-0.39, 0.29) is 12.5 Å². The first kappa shape index (κ1) is 20.4. The number of hydrogen-bond acceptors (Lipinski definition) is 3. The number of rotatable bonds is 8. The number of hydrogen-bond donors (Lipinski definition) is 1. The summed E-state index contributed by atoms with van der Waals surface area (Å²) in [5.74, 6) is -0.282. The molecule has 27 heavy (non-hydrogen) atoms. The molecule has 2 aromatic rings. The second-order valence-electron chi connectivity index (χ2n) is 6.66. The summed E-state index contributed by atoms with van der Waals surface area (Å²) in [6.45, 7) is 6.30. The minimum atomic E-state index is -0.715. The zero-order chi connectivity index (χ0) is 19.6. The summed E-state index contributed by atoms with van der Waals surface area (Å²) in [7, 11) is 0. The normalized spacial score (nSPS) is 12.1. The molecule has 1 N–H and O–H groups in total. The zero-order valence-electron chi connectivity index (χ0n) is 16.1. The molecule has 2 rings (SSSR count). The summed E-state index contributed by atoms with van der Waals surface area (Å²) in [5.41, 5.74) is 3.15. The van der Waals surface area contributed by atoms with Gasteiger partial charge < -0.3 is 10.1 Å². The molecule has 1 amide bonds. The van der Waals surface area contributed by atoms with Gasteiger partial charge in [0.1, 0.15) is 6.04 Å². The molecule has 142 valence electrons. The van der Waals surface area contributed by atoms with Crippen LogP contribution in [0.4, 0.5) is 0 Å². The molecule has 0 aliphatic heterocycles. The molecule has 0 unspecified atom stereocenters. The van der Waals surface area contributed by atoms with Crippen LogP contribution in [0.5, 0.6) is 0 Å². The van der Waals surface area contributed by atoms with Gasteiger partial charge >= 0.3 is 5.97 Å². The molecule has 0 radical (unpaired) electrons. The molecular weight excluding hydrogens is 338 g/mol. The van der Waals surface area contributed by atoms with E-state index in [1.54, 1.807) is 13.0 Å². The first-order chi connectivity index (χ1) is 13.0. The summed E-state index contributed by atoms with van der Waals surface area (Å²) < 4.78 is 5.10. The molecule has 0 fully saturated rings. The van der Waals surface area contributed by atoms with Crippen molar-refractivity contribution in [3.8, 4) is 0 Å². The number of esters is 1. The summed E-state index contributed by atoms with van der Waals surface area (Å²) in [5, 5.41) is 2.75. The number of carbonyl (C=O) groups excluding carboxylic acids is 2. The van der Waals surface area contributed by atoms with Crippen molar-refractivity contribution >= 4 is 18.0 Å². The van der Waals surface area contributed by atoms with E-state index in [1.807, 2.05) is 42.5 Å². The molecule has 0 aliphatic carbocycles. The van der Waals surface area contributed by atoms with E-state index < -0.39 is 12.0 Å². The van der Waals surface area contributed by atoms with E-state index in [9.17, 15) is 9.59 Å². The van der Waals surface area contributed by atoms with Crippen LogP contribution in [0.15, 0.2) is 60.7 Å². The van der Waals surface area contributed by atoms with Gasteiger partial charge in [0.25, 0.3) is 0 Å². The lowest BCUT2D eigenvalue weighted by molar-refractivity contribution is -0.146. The number of ether oxygens (including phenoxy) is 1. The average Bonchev–Trinajstić information content (AvgIpc) is 2.67. The Hall–Kier alpha value is -2.88. The summed E-state index contributed by atoms with van der Waals surface area (Å²) in [6, 6.07) is 16.9. The van der Waals surface area contributed by atoms with Crippen LogP contribution in [0.3, 0.4) is 0 Å². The van der Waals surface area contributed by atoms with Gasteiger partial charge in [-0.25, -0.2) is 4.79 Å². The number of carbonyl (C=O) groups is 2. The van der Waals surface area contributed by atoms with Gasteiger partial charge in [0.05, 0.1) is 6.61 Å². The quantitative estimate of drug-likeness (QED) is 0.566. The second-order valence-corrected chi connectivity index (χ2v) is 6.66. The van der Waals surface area contributed by atoms with Gasteiger partial charge in [-0.3, -0.25) is 4.79 Å². The molecule has 1 atom stereocenters. The lowest BCUT2D eigenvalue weighted by Crippen LogP contribution is -2.42. The maximum Gasteiger partial charge on any atom is 0.328 e. The molecule has 0 aliphatic rings. The predicted molar refractivity (Wildman–Crippen MR) is 108 cm³/mol. The van der Waals surface area contributed by atoms with Crippen LogP contribution in [0, 0.1) is 0 Å². The molecular formula is C23H27NO3. The highest BCUT2D eigenvalue weighted by Gasteiger charge is 2.21. The summed E-state index contributed by atoms with van der Waals surface area (Å²) >= 11 is 0. The van der Waals surface area contributed by atoms with Crippen molar-refractivity contribution in [3.05, 3.63) is 77.4 Å². The zero-order valence-corrected chi connectivity index (χ0v) is 16.1.